The van der Waals surface area contributed by atoms with Crippen molar-refractivity contribution in [1.82, 2.24) is 4.57 Å². The van der Waals surface area contributed by atoms with Crippen molar-refractivity contribution in [1.29, 1.82) is 0 Å². The lowest BCUT2D eigenvalue weighted by Gasteiger charge is -2.16. The minimum atomic E-state index is -5.22. The van der Waals surface area contributed by atoms with Crippen LogP contribution in [0.2, 0.25) is 5.02 Å². The fourth-order valence-electron chi connectivity index (χ4n) is 2.72. The summed E-state index contributed by atoms with van der Waals surface area (Å²) in [6.45, 7) is 1.52. The van der Waals surface area contributed by atoms with Crippen molar-refractivity contribution in [3.63, 3.8) is 0 Å². The third kappa shape index (κ3) is 4.32. The van der Waals surface area contributed by atoms with Crippen LogP contribution in [0, 0.1) is 0 Å². The van der Waals surface area contributed by atoms with Crippen LogP contribution in [0.15, 0.2) is 24.3 Å². The van der Waals surface area contributed by atoms with Crippen LogP contribution in [0.3, 0.4) is 0 Å². The lowest BCUT2D eigenvalue weighted by molar-refractivity contribution is -0.143. The molecule has 1 N–H and O–H groups in total. The van der Waals surface area contributed by atoms with Crippen molar-refractivity contribution < 1.29 is 41.0 Å². The molecule has 0 amide bonds. The Morgan fingerprint density at radius 1 is 1.07 bits per heavy atom. The Morgan fingerprint density at radius 3 is 2.14 bits per heavy atom. The van der Waals surface area contributed by atoms with Gasteiger partial charge >= 0.3 is 18.3 Å². The molecule has 0 aliphatic heterocycles. The summed E-state index contributed by atoms with van der Waals surface area (Å²) in [6, 6.07) is 1.70. The number of benzene rings is 1. The second-order valence-electron chi connectivity index (χ2n) is 5.72. The second-order valence-corrected chi connectivity index (χ2v) is 6.13. The molecule has 0 atom stereocenters. The minimum Gasteiger partial charge on any atom is -0.481 e. The molecular formula is C17H12ClF6NO3. The summed E-state index contributed by atoms with van der Waals surface area (Å²) in [5.41, 5.74) is -4.64. The molecule has 0 saturated heterocycles. The third-order valence-corrected chi connectivity index (χ3v) is 4.25. The van der Waals surface area contributed by atoms with E-state index in [1.165, 1.54) is 6.92 Å². The van der Waals surface area contributed by atoms with Gasteiger partial charge in [0, 0.05) is 17.8 Å². The first kappa shape index (κ1) is 21.8. The van der Waals surface area contributed by atoms with Crippen LogP contribution in [0.1, 0.15) is 39.8 Å². The standard InChI is InChI=1S/C17H12ClF6NO3/c1-2-25-12(7-14(26)27)11(18)6-13(25)15(28)9-4-3-8(16(19,20)21)5-10(9)17(22,23)24/h3-6H,2,7H2,1H3,(H,26,27). The molecule has 11 heteroatoms. The molecule has 2 aromatic rings. The van der Waals surface area contributed by atoms with E-state index in [0.29, 0.717) is 12.1 Å². The molecule has 0 fully saturated rings. The molecule has 0 spiro atoms. The molecule has 0 saturated carbocycles. The van der Waals surface area contributed by atoms with E-state index in [9.17, 15) is 35.9 Å². The first-order valence-electron chi connectivity index (χ1n) is 7.70. The highest BCUT2D eigenvalue weighted by molar-refractivity contribution is 6.32. The number of carboxylic acids is 1. The highest BCUT2D eigenvalue weighted by Gasteiger charge is 2.40. The van der Waals surface area contributed by atoms with Gasteiger partial charge in [-0.25, -0.2) is 0 Å². The van der Waals surface area contributed by atoms with Crippen LogP contribution in [0.4, 0.5) is 26.3 Å². The summed E-state index contributed by atoms with van der Waals surface area (Å²) in [4.78, 5) is 23.6. The maximum Gasteiger partial charge on any atom is 0.417 e. The van der Waals surface area contributed by atoms with Gasteiger partial charge < -0.3 is 9.67 Å². The Balaban J connectivity index is 2.66. The smallest absolute Gasteiger partial charge is 0.417 e. The number of carbonyl (C=O) groups excluding carboxylic acids is 1. The molecule has 4 nitrogen and oxygen atoms in total. The Hall–Kier alpha value is -2.49. The number of alkyl halides is 6. The van der Waals surface area contributed by atoms with Crippen LogP contribution >= 0.6 is 11.6 Å². The van der Waals surface area contributed by atoms with Gasteiger partial charge in [-0.15, -0.1) is 0 Å². The number of nitrogens with zero attached hydrogens (tertiary/aromatic N) is 1. The third-order valence-electron chi connectivity index (χ3n) is 3.92. The summed E-state index contributed by atoms with van der Waals surface area (Å²) in [5.74, 6) is -2.50. The minimum absolute atomic E-state index is 0.000451. The van der Waals surface area contributed by atoms with E-state index in [2.05, 4.69) is 0 Å². The van der Waals surface area contributed by atoms with Crippen molar-refractivity contribution in [3.05, 3.63) is 57.4 Å². The number of carboxylic acid groups (broad SMARTS) is 1. The quantitative estimate of drug-likeness (QED) is 0.536. The topological polar surface area (TPSA) is 59.3 Å². The number of ketones is 1. The predicted molar refractivity (Wildman–Crippen MR) is 86.3 cm³/mol. The zero-order valence-electron chi connectivity index (χ0n) is 14.1. The number of hydrogen-bond acceptors (Lipinski definition) is 2. The predicted octanol–water partition coefficient (Wildman–Crippen LogP) is 5.06. The van der Waals surface area contributed by atoms with Crippen LogP contribution in [-0.2, 0) is 30.1 Å². The van der Waals surface area contributed by atoms with Crippen LogP contribution in [-0.4, -0.2) is 21.4 Å². The SMILES string of the molecule is CCn1c(C(=O)c2ccc(C(F)(F)F)cc2C(F)(F)F)cc(Cl)c1CC(=O)O. The zero-order chi connectivity index (χ0) is 21.4. The van der Waals surface area contributed by atoms with Gasteiger partial charge in [-0.3, -0.25) is 9.59 Å². The Labute approximate surface area is 159 Å². The lowest BCUT2D eigenvalue weighted by Crippen LogP contribution is -2.19. The fourth-order valence-corrected chi connectivity index (χ4v) is 2.99. The summed E-state index contributed by atoms with van der Waals surface area (Å²) in [5, 5.41) is 8.78. The highest BCUT2D eigenvalue weighted by Crippen LogP contribution is 2.38. The molecule has 0 bridgehead atoms. The van der Waals surface area contributed by atoms with Crippen molar-refractivity contribution in [3.8, 4) is 0 Å². The maximum atomic E-state index is 13.3. The normalized spacial score (nSPS) is 12.3. The summed E-state index contributed by atoms with van der Waals surface area (Å²) in [7, 11) is 0. The Kier molecular flexibility index (Phi) is 5.84. The molecule has 2 rings (SSSR count). The van der Waals surface area contributed by atoms with Gasteiger partial charge in [-0.1, -0.05) is 11.6 Å². The van der Waals surface area contributed by atoms with Gasteiger partial charge in [0.1, 0.15) is 0 Å². The average Bonchev–Trinajstić information content (AvgIpc) is 2.87. The van der Waals surface area contributed by atoms with E-state index in [-0.39, 0.29) is 29.0 Å². The molecule has 1 aromatic heterocycles. The number of hydrogen-bond donors (Lipinski definition) is 1. The molecule has 1 aromatic carbocycles. The number of aromatic nitrogens is 1. The second kappa shape index (κ2) is 7.50. The van der Waals surface area contributed by atoms with Gasteiger partial charge in [0.25, 0.3) is 0 Å². The molecule has 0 unspecified atom stereocenters. The molecule has 0 radical (unpaired) electrons. The maximum absolute atomic E-state index is 13.3. The van der Waals surface area contributed by atoms with Crippen molar-refractivity contribution in [2.75, 3.05) is 0 Å². The monoisotopic (exact) mass is 427 g/mol. The van der Waals surface area contributed by atoms with Gasteiger partial charge in [0.15, 0.2) is 0 Å². The van der Waals surface area contributed by atoms with E-state index in [1.807, 2.05) is 0 Å². The zero-order valence-corrected chi connectivity index (χ0v) is 14.8. The summed E-state index contributed by atoms with van der Waals surface area (Å²) in [6.07, 6.45) is -10.8. The van der Waals surface area contributed by atoms with Crippen LogP contribution in [0.25, 0.3) is 0 Å². The van der Waals surface area contributed by atoms with Crippen LogP contribution in [0.5, 0.6) is 0 Å². The van der Waals surface area contributed by atoms with Crippen molar-refractivity contribution >= 4 is 23.4 Å². The summed E-state index contributed by atoms with van der Waals surface area (Å²) < 4.78 is 79.4. The van der Waals surface area contributed by atoms with Crippen molar-refractivity contribution in [2.45, 2.75) is 32.2 Å². The number of rotatable bonds is 5. The van der Waals surface area contributed by atoms with Gasteiger partial charge in [0.05, 0.1) is 28.3 Å². The van der Waals surface area contributed by atoms with Crippen molar-refractivity contribution in [2.24, 2.45) is 0 Å². The Bertz CT molecular complexity index is 930. The fraction of sp³-hybridized carbons (Fsp3) is 0.294. The summed E-state index contributed by atoms with van der Waals surface area (Å²) >= 11 is 5.91. The van der Waals surface area contributed by atoms with Crippen LogP contribution < -0.4 is 0 Å². The van der Waals surface area contributed by atoms with Gasteiger partial charge in [0.2, 0.25) is 5.78 Å². The molecule has 152 valence electrons. The lowest BCUT2D eigenvalue weighted by atomic mass is 9.98. The number of halogens is 7. The largest absolute Gasteiger partial charge is 0.481 e. The number of aliphatic carboxylic acids is 1. The molecule has 0 aliphatic rings. The number of carbonyl (C=O) groups is 2. The molecular weight excluding hydrogens is 416 g/mol. The van der Waals surface area contributed by atoms with Gasteiger partial charge in [-0.05, 0) is 31.2 Å². The van der Waals surface area contributed by atoms with E-state index in [1.54, 1.807) is 0 Å². The van der Waals surface area contributed by atoms with E-state index in [4.69, 9.17) is 16.7 Å². The average molecular weight is 428 g/mol. The first-order chi connectivity index (χ1) is 12.8. The molecule has 1 heterocycles. The molecule has 0 aliphatic carbocycles. The molecule has 28 heavy (non-hydrogen) atoms. The van der Waals surface area contributed by atoms with Gasteiger partial charge in [-0.2, -0.15) is 26.3 Å². The van der Waals surface area contributed by atoms with E-state index >= 15 is 0 Å². The Morgan fingerprint density at radius 2 is 1.68 bits per heavy atom. The highest BCUT2D eigenvalue weighted by atomic mass is 35.5. The van der Waals surface area contributed by atoms with E-state index < -0.39 is 47.2 Å². The first-order valence-corrected chi connectivity index (χ1v) is 8.08. The van der Waals surface area contributed by atoms with E-state index in [0.717, 1.165) is 10.6 Å².